The first-order valence-corrected chi connectivity index (χ1v) is 11.7. The minimum atomic E-state index is 0.200. The van der Waals surface area contributed by atoms with Crippen molar-refractivity contribution in [3.05, 3.63) is 22.4 Å². The van der Waals surface area contributed by atoms with Crippen molar-refractivity contribution >= 4 is 11.7 Å². The molecule has 160 valence electrons. The van der Waals surface area contributed by atoms with Gasteiger partial charge in [0.25, 0.3) is 0 Å². The molecule has 1 atom stereocenters. The van der Waals surface area contributed by atoms with Gasteiger partial charge in [0, 0.05) is 38.4 Å². The number of nitriles is 1. The molecule has 30 heavy (non-hydrogen) atoms. The molecule has 3 aliphatic carbocycles. The molecule has 1 saturated heterocycles. The van der Waals surface area contributed by atoms with E-state index in [1.54, 1.807) is 7.11 Å². The monoisotopic (exact) mass is 408 g/mol. The van der Waals surface area contributed by atoms with Gasteiger partial charge in [0.15, 0.2) is 0 Å². The zero-order valence-electron chi connectivity index (χ0n) is 18.0. The molecule has 0 spiro atoms. The van der Waals surface area contributed by atoms with Gasteiger partial charge in [-0.1, -0.05) is 0 Å². The average Bonchev–Trinajstić information content (AvgIpc) is 3.69. The summed E-state index contributed by atoms with van der Waals surface area (Å²) in [6.45, 7) is 2.75. The number of carbonyl (C=O) groups excluding carboxylic acids is 1. The maximum atomic E-state index is 12.8. The minimum absolute atomic E-state index is 0.200. The van der Waals surface area contributed by atoms with Gasteiger partial charge < -0.3 is 14.5 Å². The molecule has 1 aromatic heterocycles. The Balaban J connectivity index is 1.45. The van der Waals surface area contributed by atoms with Crippen LogP contribution in [0.25, 0.3) is 0 Å². The van der Waals surface area contributed by atoms with Gasteiger partial charge in [0.1, 0.15) is 11.9 Å². The van der Waals surface area contributed by atoms with Crippen LogP contribution in [0.2, 0.25) is 0 Å². The highest BCUT2D eigenvalue weighted by Gasteiger charge is 2.42. The Morgan fingerprint density at radius 1 is 1.17 bits per heavy atom. The molecule has 0 N–H and O–H groups in total. The van der Waals surface area contributed by atoms with Crippen LogP contribution in [-0.2, 0) is 22.4 Å². The van der Waals surface area contributed by atoms with Gasteiger partial charge in [-0.15, -0.1) is 0 Å². The first kappa shape index (κ1) is 19.8. The molecule has 5 rings (SSSR count). The maximum absolute atomic E-state index is 12.8. The molecule has 1 amide bonds. The lowest BCUT2D eigenvalue weighted by molar-refractivity contribution is -0.135. The SMILES string of the molecule is COCCC(=O)N1CCN(c2nc(C3CC3)c3c(c2C#N)CCCC3)C[C@H]1C1CC1. The Labute approximate surface area is 179 Å². The molecule has 1 aliphatic heterocycles. The Kier molecular flexibility index (Phi) is 5.41. The summed E-state index contributed by atoms with van der Waals surface area (Å²) < 4.78 is 5.13. The Morgan fingerprint density at radius 2 is 1.93 bits per heavy atom. The highest BCUT2D eigenvalue weighted by Crippen LogP contribution is 2.45. The predicted octanol–water partition coefficient (Wildman–Crippen LogP) is 3.17. The van der Waals surface area contributed by atoms with Crippen molar-refractivity contribution in [2.75, 3.05) is 38.3 Å². The van der Waals surface area contributed by atoms with Gasteiger partial charge >= 0.3 is 0 Å². The van der Waals surface area contributed by atoms with Crippen molar-refractivity contribution in [3.63, 3.8) is 0 Å². The second-order valence-electron chi connectivity index (χ2n) is 9.43. The van der Waals surface area contributed by atoms with E-state index in [-0.39, 0.29) is 11.9 Å². The summed E-state index contributed by atoms with van der Waals surface area (Å²) in [4.78, 5) is 22.3. The van der Waals surface area contributed by atoms with Crippen LogP contribution in [-0.4, -0.2) is 55.2 Å². The third-order valence-electron chi connectivity index (χ3n) is 7.33. The van der Waals surface area contributed by atoms with E-state index in [2.05, 4.69) is 15.9 Å². The van der Waals surface area contributed by atoms with Gasteiger partial charge in [-0.3, -0.25) is 4.79 Å². The van der Waals surface area contributed by atoms with Crippen LogP contribution < -0.4 is 4.90 Å². The fraction of sp³-hybridized carbons (Fsp3) is 0.708. The molecule has 0 unspecified atom stereocenters. The fourth-order valence-corrected chi connectivity index (χ4v) is 5.41. The predicted molar refractivity (Wildman–Crippen MR) is 115 cm³/mol. The molecule has 3 fully saturated rings. The number of methoxy groups -OCH3 is 1. The molecule has 0 aromatic carbocycles. The number of amides is 1. The summed E-state index contributed by atoms with van der Waals surface area (Å²) in [7, 11) is 1.65. The molecule has 0 bridgehead atoms. The standard InChI is InChI=1S/C24H32N4O2/c1-30-13-10-22(29)28-12-11-27(15-21(28)16-6-7-16)24-20(14-25)18-4-2-3-5-19(18)23(26-24)17-8-9-17/h16-17,21H,2-13,15H2,1H3/t21-/m0/s1. The second kappa shape index (κ2) is 8.19. The summed E-state index contributed by atoms with van der Waals surface area (Å²) >= 11 is 0. The van der Waals surface area contributed by atoms with Crippen molar-refractivity contribution in [2.24, 2.45) is 5.92 Å². The van der Waals surface area contributed by atoms with E-state index >= 15 is 0 Å². The van der Waals surface area contributed by atoms with Crippen LogP contribution in [0.1, 0.15) is 73.2 Å². The van der Waals surface area contributed by atoms with E-state index < -0.39 is 0 Å². The molecule has 6 heteroatoms. The number of anilines is 1. The molecular weight excluding hydrogens is 376 g/mol. The van der Waals surface area contributed by atoms with E-state index in [9.17, 15) is 10.1 Å². The summed E-state index contributed by atoms with van der Waals surface area (Å²) in [5, 5.41) is 10.1. The number of pyridine rings is 1. The van der Waals surface area contributed by atoms with Crippen molar-refractivity contribution in [2.45, 2.75) is 69.7 Å². The lowest BCUT2D eigenvalue weighted by Crippen LogP contribution is -2.56. The summed E-state index contributed by atoms with van der Waals surface area (Å²) in [5.41, 5.74) is 4.75. The summed E-state index contributed by atoms with van der Waals surface area (Å²) in [6, 6.07) is 2.76. The Morgan fingerprint density at radius 3 is 2.60 bits per heavy atom. The molecule has 6 nitrogen and oxygen atoms in total. The van der Waals surface area contributed by atoms with Crippen LogP contribution in [0.3, 0.4) is 0 Å². The van der Waals surface area contributed by atoms with Crippen molar-refractivity contribution in [1.29, 1.82) is 5.26 Å². The number of piperazine rings is 1. The summed E-state index contributed by atoms with van der Waals surface area (Å²) in [6.07, 6.45) is 9.78. The third-order valence-corrected chi connectivity index (χ3v) is 7.33. The molecule has 1 aromatic rings. The summed E-state index contributed by atoms with van der Waals surface area (Å²) in [5.74, 6) is 2.28. The van der Waals surface area contributed by atoms with E-state index in [1.165, 1.54) is 55.3 Å². The number of fused-ring (bicyclic) bond motifs is 1. The zero-order chi connectivity index (χ0) is 20.7. The largest absolute Gasteiger partial charge is 0.384 e. The maximum Gasteiger partial charge on any atom is 0.225 e. The van der Waals surface area contributed by atoms with Crippen molar-refractivity contribution in [3.8, 4) is 6.07 Å². The van der Waals surface area contributed by atoms with Crippen molar-refractivity contribution in [1.82, 2.24) is 9.88 Å². The molecular formula is C24H32N4O2. The lowest BCUT2D eigenvalue weighted by Gasteiger charge is -2.43. The highest BCUT2D eigenvalue weighted by atomic mass is 16.5. The van der Waals surface area contributed by atoms with Crippen LogP contribution in [0.15, 0.2) is 0 Å². The fourth-order valence-electron chi connectivity index (χ4n) is 5.41. The van der Waals surface area contributed by atoms with Gasteiger partial charge in [0.2, 0.25) is 5.91 Å². The first-order valence-electron chi connectivity index (χ1n) is 11.7. The molecule has 4 aliphatic rings. The van der Waals surface area contributed by atoms with Crippen LogP contribution in [0.4, 0.5) is 5.82 Å². The van der Waals surface area contributed by atoms with E-state index in [1.807, 2.05) is 0 Å². The average molecular weight is 409 g/mol. The molecule has 0 radical (unpaired) electrons. The number of carbonyl (C=O) groups is 1. The highest BCUT2D eigenvalue weighted by molar-refractivity contribution is 5.77. The van der Waals surface area contributed by atoms with Crippen LogP contribution in [0.5, 0.6) is 0 Å². The molecule has 2 heterocycles. The number of hydrogen-bond acceptors (Lipinski definition) is 5. The number of nitrogens with zero attached hydrogens (tertiary/aromatic N) is 4. The van der Waals surface area contributed by atoms with Gasteiger partial charge in [-0.2, -0.15) is 5.26 Å². The van der Waals surface area contributed by atoms with E-state index in [4.69, 9.17) is 9.72 Å². The normalized spacial score (nSPS) is 23.8. The minimum Gasteiger partial charge on any atom is -0.384 e. The van der Waals surface area contributed by atoms with Gasteiger partial charge in [-0.25, -0.2) is 4.98 Å². The number of hydrogen-bond donors (Lipinski definition) is 0. The molecule has 2 saturated carbocycles. The zero-order valence-corrected chi connectivity index (χ0v) is 18.0. The quantitative estimate of drug-likeness (QED) is 0.723. The van der Waals surface area contributed by atoms with Crippen LogP contribution >= 0.6 is 0 Å². The first-order chi connectivity index (χ1) is 14.7. The number of rotatable bonds is 6. The number of ether oxygens (including phenoxy) is 1. The van der Waals surface area contributed by atoms with Gasteiger partial charge in [-0.05, 0) is 68.4 Å². The van der Waals surface area contributed by atoms with E-state index in [0.717, 1.165) is 37.3 Å². The Bertz CT molecular complexity index is 869. The number of aromatic nitrogens is 1. The smallest absolute Gasteiger partial charge is 0.225 e. The van der Waals surface area contributed by atoms with Crippen LogP contribution in [0, 0.1) is 17.2 Å². The third kappa shape index (κ3) is 3.69. The topological polar surface area (TPSA) is 69.5 Å². The second-order valence-corrected chi connectivity index (χ2v) is 9.43. The van der Waals surface area contributed by atoms with Crippen molar-refractivity contribution < 1.29 is 9.53 Å². The van der Waals surface area contributed by atoms with E-state index in [0.29, 0.717) is 31.4 Å². The Hall–Kier alpha value is -2.13. The van der Waals surface area contributed by atoms with Gasteiger partial charge in [0.05, 0.1) is 24.6 Å². The lowest BCUT2D eigenvalue weighted by atomic mass is 9.86.